The third-order valence-electron chi connectivity index (χ3n) is 4.91. The number of rotatable bonds is 7. The van der Waals surface area contributed by atoms with Gasteiger partial charge in [-0.1, -0.05) is 13.0 Å². The molecule has 0 saturated heterocycles. The Morgan fingerprint density at radius 2 is 1.86 bits per heavy atom. The van der Waals surface area contributed by atoms with E-state index in [1.807, 2.05) is 6.92 Å². The first kappa shape index (κ1) is 23.7. The number of hydrogen-bond donors (Lipinski definition) is 2. The highest BCUT2D eigenvalue weighted by atomic mass is 19.4. The summed E-state index contributed by atoms with van der Waals surface area (Å²) in [7, 11) is 0. The molecule has 4 rings (SSSR count). The van der Waals surface area contributed by atoms with Crippen LogP contribution in [0.25, 0.3) is 11.3 Å². The van der Waals surface area contributed by atoms with E-state index in [4.69, 9.17) is 0 Å². The highest BCUT2D eigenvalue weighted by Gasteiger charge is 2.30. The van der Waals surface area contributed by atoms with Gasteiger partial charge < -0.3 is 5.32 Å². The van der Waals surface area contributed by atoms with Crippen LogP contribution in [-0.4, -0.2) is 26.2 Å². The molecule has 7 nitrogen and oxygen atoms in total. The topological polar surface area (TPSA) is 88.0 Å². The van der Waals surface area contributed by atoms with Crippen molar-refractivity contribution in [2.75, 3.05) is 10.7 Å². The Morgan fingerprint density at radius 1 is 1.00 bits per heavy atom. The molecule has 3 aromatic heterocycles. The molecule has 178 valence electrons. The van der Waals surface area contributed by atoms with Gasteiger partial charge in [0.25, 0.3) is 0 Å². The molecule has 35 heavy (non-hydrogen) atoms. The zero-order valence-electron chi connectivity index (χ0n) is 18.4. The summed E-state index contributed by atoms with van der Waals surface area (Å²) in [5.41, 5.74) is 4.78. The van der Waals surface area contributed by atoms with Crippen LogP contribution < -0.4 is 10.7 Å². The number of pyridine rings is 2. The lowest BCUT2D eigenvalue weighted by Gasteiger charge is -2.10. The van der Waals surface area contributed by atoms with E-state index in [1.165, 1.54) is 24.5 Å². The molecule has 0 atom stereocenters. The average Bonchev–Trinajstić information content (AvgIpc) is 2.86. The minimum atomic E-state index is -4.42. The molecule has 0 radical (unpaired) electrons. The molecule has 0 aliphatic rings. The molecule has 0 spiro atoms. The van der Waals surface area contributed by atoms with Crippen molar-refractivity contribution in [3.8, 4) is 11.3 Å². The second-order valence-corrected chi connectivity index (χ2v) is 7.32. The fraction of sp³-hybridized carbons (Fsp3) is 0.125. The van der Waals surface area contributed by atoms with Crippen LogP contribution in [0.4, 0.5) is 34.9 Å². The van der Waals surface area contributed by atoms with Crippen LogP contribution in [0.15, 0.2) is 72.4 Å². The molecule has 0 bridgehead atoms. The van der Waals surface area contributed by atoms with Crippen LogP contribution in [0.5, 0.6) is 0 Å². The number of nitrogens with one attached hydrogen (secondary N) is 2. The lowest BCUT2D eigenvalue weighted by molar-refractivity contribution is -0.137. The fourth-order valence-electron chi connectivity index (χ4n) is 3.20. The summed E-state index contributed by atoms with van der Waals surface area (Å²) in [5, 5.41) is 6.91. The number of halogens is 4. The van der Waals surface area contributed by atoms with Crippen molar-refractivity contribution in [2.45, 2.75) is 19.5 Å². The third-order valence-corrected chi connectivity index (χ3v) is 4.91. The predicted molar refractivity (Wildman–Crippen MR) is 125 cm³/mol. The molecular weight excluding hydrogens is 462 g/mol. The van der Waals surface area contributed by atoms with E-state index in [2.05, 4.69) is 35.8 Å². The lowest BCUT2D eigenvalue weighted by Crippen LogP contribution is -2.05. The van der Waals surface area contributed by atoms with Gasteiger partial charge in [0.2, 0.25) is 5.95 Å². The molecule has 3 heterocycles. The summed E-state index contributed by atoms with van der Waals surface area (Å²) in [6, 6.07) is 9.84. The van der Waals surface area contributed by atoms with Gasteiger partial charge in [0, 0.05) is 23.6 Å². The van der Waals surface area contributed by atoms with Crippen LogP contribution in [0.2, 0.25) is 0 Å². The van der Waals surface area contributed by atoms with Crippen LogP contribution >= 0.6 is 0 Å². The molecule has 0 saturated carbocycles. The van der Waals surface area contributed by atoms with E-state index in [-0.39, 0.29) is 17.3 Å². The van der Waals surface area contributed by atoms with Gasteiger partial charge in [-0.05, 0) is 48.4 Å². The van der Waals surface area contributed by atoms with Gasteiger partial charge in [0.1, 0.15) is 5.69 Å². The Hall–Kier alpha value is -4.41. The van der Waals surface area contributed by atoms with E-state index in [9.17, 15) is 17.6 Å². The van der Waals surface area contributed by atoms with Gasteiger partial charge in [0.15, 0.2) is 5.82 Å². The van der Waals surface area contributed by atoms with Crippen molar-refractivity contribution >= 4 is 23.5 Å². The van der Waals surface area contributed by atoms with Crippen molar-refractivity contribution in [3.63, 3.8) is 0 Å². The van der Waals surface area contributed by atoms with Gasteiger partial charge in [0.05, 0.1) is 35.6 Å². The summed E-state index contributed by atoms with van der Waals surface area (Å²) in [6.07, 6.45) is 3.41. The molecule has 2 N–H and O–H groups in total. The van der Waals surface area contributed by atoms with E-state index < -0.39 is 17.6 Å². The SMILES string of the molecule is CCc1cnccc1-c1nc(N/N=C/c2ccc(Nc3cccc(C(F)(F)F)c3)cn2)ncc1F. The smallest absolute Gasteiger partial charge is 0.354 e. The van der Waals surface area contributed by atoms with Crippen LogP contribution in [0.3, 0.4) is 0 Å². The molecule has 0 unspecified atom stereocenters. The van der Waals surface area contributed by atoms with Gasteiger partial charge in [-0.3, -0.25) is 9.97 Å². The van der Waals surface area contributed by atoms with Crippen molar-refractivity contribution < 1.29 is 17.6 Å². The number of hydrazone groups is 1. The van der Waals surface area contributed by atoms with E-state index in [1.54, 1.807) is 30.6 Å². The fourth-order valence-corrected chi connectivity index (χ4v) is 3.20. The highest BCUT2D eigenvalue weighted by molar-refractivity contribution is 5.78. The minimum absolute atomic E-state index is 0.0966. The van der Waals surface area contributed by atoms with Crippen LogP contribution in [0.1, 0.15) is 23.7 Å². The Labute approximate surface area is 198 Å². The largest absolute Gasteiger partial charge is 0.416 e. The predicted octanol–water partition coefficient (Wildman–Crippen LogP) is 5.84. The normalized spacial score (nSPS) is 11.6. The zero-order valence-corrected chi connectivity index (χ0v) is 18.4. The van der Waals surface area contributed by atoms with Gasteiger partial charge in [-0.25, -0.2) is 19.8 Å². The number of nitrogens with zero attached hydrogens (tertiary/aromatic N) is 5. The molecule has 0 aliphatic heterocycles. The Kier molecular flexibility index (Phi) is 6.95. The summed E-state index contributed by atoms with van der Waals surface area (Å²) >= 11 is 0. The van der Waals surface area contributed by atoms with Crippen LogP contribution in [0, 0.1) is 5.82 Å². The third kappa shape index (κ3) is 5.94. The second-order valence-electron chi connectivity index (χ2n) is 7.32. The first-order valence-corrected chi connectivity index (χ1v) is 10.5. The summed E-state index contributed by atoms with van der Waals surface area (Å²) in [6.45, 7) is 1.94. The van der Waals surface area contributed by atoms with E-state index in [0.717, 1.165) is 23.9 Å². The summed E-state index contributed by atoms with van der Waals surface area (Å²) in [4.78, 5) is 16.4. The summed E-state index contributed by atoms with van der Waals surface area (Å²) < 4.78 is 53.0. The maximum Gasteiger partial charge on any atom is 0.416 e. The Morgan fingerprint density at radius 3 is 2.60 bits per heavy atom. The minimum Gasteiger partial charge on any atom is -0.354 e. The van der Waals surface area contributed by atoms with Crippen molar-refractivity contribution in [3.05, 3.63) is 89.9 Å². The lowest BCUT2D eigenvalue weighted by atomic mass is 10.1. The monoisotopic (exact) mass is 481 g/mol. The number of benzene rings is 1. The first-order chi connectivity index (χ1) is 16.8. The quantitative estimate of drug-likeness (QED) is 0.196. The number of alkyl halides is 3. The van der Waals surface area contributed by atoms with Crippen molar-refractivity contribution in [2.24, 2.45) is 5.10 Å². The molecule has 0 aliphatic carbocycles. The Bertz CT molecular complexity index is 1340. The number of hydrogen-bond acceptors (Lipinski definition) is 7. The molecular formula is C24H19F4N7. The zero-order chi connectivity index (χ0) is 24.8. The average molecular weight is 481 g/mol. The molecule has 0 fully saturated rings. The number of aryl methyl sites for hydroxylation is 1. The second kappa shape index (κ2) is 10.2. The highest BCUT2D eigenvalue weighted by Crippen LogP contribution is 2.31. The maximum atomic E-state index is 14.3. The molecule has 11 heteroatoms. The molecule has 1 aromatic carbocycles. The van der Waals surface area contributed by atoms with Gasteiger partial charge >= 0.3 is 6.18 Å². The van der Waals surface area contributed by atoms with Crippen molar-refractivity contribution in [1.82, 2.24) is 19.9 Å². The molecule has 4 aromatic rings. The molecule has 0 amide bonds. The van der Waals surface area contributed by atoms with E-state index >= 15 is 0 Å². The first-order valence-electron chi connectivity index (χ1n) is 10.5. The standard InChI is InChI=1S/C24H19F4N7/c1-2-15-11-29-9-8-20(15)22-21(25)14-31-23(34-22)35-32-13-18-6-7-19(12-30-18)33-17-5-3-4-16(10-17)24(26,27)28/h3-14,33H,2H2,1H3,(H,31,34,35)/b32-13+. The number of aromatic nitrogens is 4. The van der Waals surface area contributed by atoms with Gasteiger partial charge in [-0.2, -0.15) is 18.3 Å². The Balaban J connectivity index is 1.43. The maximum absolute atomic E-state index is 14.3. The summed E-state index contributed by atoms with van der Waals surface area (Å²) in [5.74, 6) is -0.467. The number of anilines is 3. The van der Waals surface area contributed by atoms with Crippen molar-refractivity contribution in [1.29, 1.82) is 0 Å². The van der Waals surface area contributed by atoms with Gasteiger partial charge in [-0.15, -0.1) is 0 Å². The van der Waals surface area contributed by atoms with Crippen LogP contribution in [-0.2, 0) is 12.6 Å². The van der Waals surface area contributed by atoms with E-state index in [0.29, 0.717) is 23.4 Å².